The molecule has 120 valence electrons. The highest BCUT2D eigenvalue weighted by atomic mass is 16.5. The van der Waals surface area contributed by atoms with Crippen LogP contribution < -0.4 is 5.32 Å². The minimum atomic E-state index is -0.251. The van der Waals surface area contributed by atoms with Gasteiger partial charge in [-0.05, 0) is 27.2 Å². The average Bonchev–Trinajstić information content (AvgIpc) is 2.49. The van der Waals surface area contributed by atoms with Crippen LogP contribution in [0.2, 0.25) is 0 Å². The molecule has 1 aromatic rings. The van der Waals surface area contributed by atoms with E-state index in [9.17, 15) is 4.79 Å². The molecule has 22 heavy (non-hydrogen) atoms. The number of allylic oxidation sites excluding steroid dienone is 1. The summed E-state index contributed by atoms with van der Waals surface area (Å²) < 4.78 is 11.3. The van der Waals surface area contributed by atoms with Crippen LogP contribution in [0.3, 0.4) is 0 Å². The smallest absolute Gasteiger partial charge is 0.271 e. The van der Waals surface area contributed by atoms with Gasteiger partial charge in [-0.25, -0.2) is 4.98 Å². The molecule has 1 aliphatic heterocycles. The number of rotatable bonds is 5. The minimum absolute atomic E-state index is 0.0493. The summed E-state index contributed by atoms with van der Waals surface area (Å²) in [4.78, 5) is 20.4. The molecule has 0 saturated carbocycles. The van der Waals surface area contributed by atoms with Crippen molar-refractivity contribution in [2.24, 2.45) is 0 Å². The van der Waals surface area contributed by atoms with E-state index in [0.717, 1.165) is 12.1 Å². The standard InChI is InChI=1S/C16H23N3O3/c1-11(2)4-7-22-15-5-6-21-10-14(15)19-16(20)13-9-17-12(3)8-18-13/h4,8-9,14-15H,5-7,10H2,1-3H3,(H,19,20)/t14-,15+/m1/s1. The number of carbonyl (C=O) groups excluding carboxylic acids is 1. The molecule has 2 heterocycles. The van der Waals surface area contributed by atoms with Crippen LogP contribution in [0, 0.1) is 6.92 Å². The molecule has 0 spiro atoms. The Labute approximate surface area is 130 Å². The second-order valence-corrected chi connectivity index (χ2v) is 5.64. The number of amides is 1. The first-order chi connectivity index (χ1) is 10.6. The van der Waals surface area contributed by atoms with E-state index in [0.29, 0.717) is 25.5 Å². The zero-order valence-corrected chi connectivity index (χ0v) is 13.3. The third-order valence-corrected chi connectivity index (χ3v) is 3.42. The maximum atomic E-state index is 12.2. The van der Waals surface area contributed by atoms with Crippen LogP contribution in [0.4, 0.5) is 0 Å². The summed E-state index contributed by atoms with van der Waals surface area (Å²) in [6.45, 7) is 7.53. The molecular formula is C16H23N3O3. The van der Waals surface area contributed by atoms with Gasteiger partial charge in [0.15, 0.2) is 0 Å². The van der Waals surface area contributed by atoms with E-state index in [4.69, 9.17) is 9.47 Å². The van der Waals surface area contributed by atoms with Crippen LogP contribution >= 0.6 is 0 Å². The summed E-state index contributed by atoms with van der Waals surface area (Å²) in [5.74, 6) is -0.251. The highest BCUT2D eigenvalue weighted by Crippen LogP contribution is 2.13. The molecule has 1 aromatic heterocycles. The lowest BCUT2D eigenvalue weighted by atomic mass is 10.1. The van der Waals surface area contributed by atoms with Crippen molar-refractivity contribution in [2.75, 3.05) is 19.8 Å². The van der Waals surface area contributed by atoms with E-state index >= 15 is 0 Å². The van der Waals surface area contributed by atoms with Crippen molar-refractivity contribution >= 4 is 5.91 Å². The van der Waals surface area contributed by atoms with Crippen LogP contribution in [0.1, 0.15) is 36.5 Å². The maximum Gasteiger partial charge on any atom is 0.271 e. The molecule has 1 fully saturated rings. The number of nitrogens with one attached hydrogen (secondary N) is 1. The van der Waals surface area contributed by atoms with Gasteiger partial charge in [0, 0.05) is 12.8 Å². The number of hydrogen-bond donors (Lipinski definition) is 1. The normalized spacial score (nSPS) is 21.2. The lowest BCUT2D eigenvalue weighted by Crippen LogP contribution is -2.50. The van der Waals surface area contributed by atoms with Crippen molar-refractivity contribution in [1.82, 2.24) is 15.3 Å². The van der Waals surface area contributed by atoms with Gasteiger partial charge in [0.05, 0.1) is 37.3 Å². The minimum Gasteiger partial charge on any atom is -0.379 e. The Kier molecular flexibility index (Phi) is 6.03. The van der Waals surface area contributed by atoms with Crippen molar-refractivity contribution in [2.45, 2.75) is 39.3 Å². The van der Waals surface area contributed by atoms with Crippen LogP contribution in [0.25, 0.3) is 0 Å². The monoisotopic (exact) mass is 305 g/mol. The highest BCUT2D eigenvalue weighted by Gasteiger charge is 2.28. The van der Waals surface area contributed by atoms with Crippen molar-refractivity contribution < 1.29 is 14.3 Å². The number of aryl methyl sites for hydroxylation is 1. The third kappa shape index (κ3) is 4.89. The first-order valence-corrected chi connectivity index (χ1v) is 7.48. The first kappa shape index (κ1) is 16.6. The van der Waals surface area contributed by atoms with Crippen molar-refractivity contribution in [1.29, 1.82) is 0 Å². The van der Waals surface area contributed by atoms with Gasteiger partial charge >= 0.3 is 0 Å². The van der Waals surface area contributed by atoms with Gasteiger partial charge in [-0.15, -0.1) is 0 Å². The average molecular weight is 305 g/mol. The first-order valence-electron chi connectivity index (χ1n) is 7.48. The van der Waals surface area contributed by atoms with E-state index in [1.807, 2.05) is 26.8 Å². The largest absolute Gasteiger partial charge is 0.379 e. The molecule has 0 radical (unpaired) electrons. The fraction of sp³-hybridized carbons (Fsp3) is 0.562. The Morgan fingerprint density at radius 1 is 1.45 bits per heavy atom. The van der Waals surface area contributed by atoms with Crippen molar-refractivity contribution in [3.05, 3.63) is 35.4 Å². The summed E-state index contributed by atoms with van der Waals surface area (Å²) in [6.07, 6.45) is 5.80. The zero-order chi connectivity index (χ0) is 15.9. The van der Waals surface area contributed by atoms with Gasteiger partial charge in [-0.1, -0.05) is 11.6 Å². The quantitative estimate of drug-likeness (QED) is 0.837. The molecular weight excluding hydrogens is 282 g/mol. The van der Waals surface area contributed by atoms with E-state index in [1.165, 1.54) is 11.8 Å². The molecule has 0 aromatic carbocycles. The van der Waals surface area contributed by atoms with E-state index in [1.54, 1.807) is 6.20 Å². The summed E-state index contributed by atoms with van der Waals surface area (Å²) in [5.41, 5.74) is 2.29. The van der Waals surface area contributed by atoms with Crippen LogP contribution in [0.15, 0.2) is 24.0 Å². The molecule has 6 heteroatoms. The SMILES string of the molecule is CC(C)=CCO[C@H]1CCOC[C@H]1NC(=O)c1cnc(C)cn1. The molecule has 1 N–H and O–H groups in total. The Morgan fingerprint density at radius 2 is 2.27 bits per heavy atom. The fourth-order valence-corrected chi connectivity index (χ4v) is 2.14. The van der Waals surface area contributed by atoms with Gasteiger partial charge in [0.1, 0.15) is 5.69 Å². The summed E-state index contributed by atoms with van der Waals surface area (Å²) in [5, 5.41) is 2.93. The van der Waals surface area contributed by atoms with Gasteiger partial charge in [-0.3, -0.25) is 9.78 Å². The summed E-state index contributed by atoms with van der Waals surface area (Å²) in [7, 11) is 0. The van der Waals surface area contributed by atoms with Crippen molar-refractivity contribution in [3.63, 3.8) is 0 Å². The van der Waals surface area contributed by atoms with Gasteiger partial charge in [0.2, 0.25) is 0 Å². The maximum absolute atomic E-state index is 12.2. The number of hydrogen-bond acceptors (Lipinski definition) is 5. The molecule has 1 aliphatic rings. The molecule has 1 amide bonds. The van der Waals surface area contributed by atoms with E-state index < -0.39 is 0 Å². The Morgan fingerprint density at radius 3 is 2.95 bits per heavy atom. The van der Waals surface area contributed by atoms with Crippen molar-refractivity contribution in [3.8, 4) is 0 Å². The molecule has 2 rings (SSSR count). The lowest BCUT2D eigenvalue weighted by molar-refractivity contribution is -0.0457. The molecule has 1 saturated heterocycles. The summed E-state index contributed by atoms with van der Waals surface area (Å²) >= 11 is 0. The molecule has 2 atom stereocenters. The molecule has 0 unspecified atom stereocenters. The Bertz CT molecular complexity index is 524. The number of aromatic nitrogens is 2. The van der Waals surface area contributed by atoms with Gasteiger partial charge in [-0.2, -0.15) is 0 Å². The van der Waals surface area contributed by atoms with Gasteiger partial charge in [0.25, 0.3) is 5.91 Å². The number of nitrogens with zero attached hydrogens (tertiary/aromatic N) is 2. The molecule has 0 bridgehead atoms. The van der Waals surface area contributed by atoms with Crippen LogP contribution in [-0.4, -0.2) is 47.8 Å². The van der Waals surface area contributed by atoms with Crippen LogP contribution in [0.5, 0.6) is 0 Å². The third-order valence-electron chi connectivity index (χ3n) is 3.42. The van der Waals surface area contributed by atoms with Gasteiger partial charge < -0.3 is 14.8 Å². The second kappa shape index (κ2) is 8.00. The topological polar surface area (TPSA) is 73.3 Å². The second-order valence-electron chi connectivity index (χ2n) is 5.64. The predicted molar refractivity (Wildman–Crippen MR) is 82.6 cm³/mol. The lowest BCUT2D eigenvalue weighted by Gasteiger charge is -2.31. The van der Waals surface area contributed by atoms with Crippen LogP contribution in [-0.2, 0) is 9.47 Å². The Balaban J connectivity index is 1.94. The molecule has 6 nitrogen and oxygen atoms in total. The van der Waals surface area contributed by atoms with E-state index in [2.05, 4.69) is 15.3 Å². The summed E-state index contributed by atoms with van der Waals surface area (Å²) in [6, 6.07) is -0.171. The predicted octanol–water partition coefficient (Wildman–Crippen LogP) is 1.66. The highest BCUT2D eigenvalue weighted by molar-refractivity contribution is 5.92. The zero-order valence-electron chi connectivity index (χ0n) is 13.3. The molecule has 0 aliphatic carbocycles. The number of carbonyl (C=O) groups is 1. The fourth-order valence-electron chi connectivity index (χ4n) is 2.14. The Hall–Kier alpha value is -1.79. The number of ether oxygens (including phenoxy) is 2. The van der Waals surface area contributed by atoms with E-state index in [-0.39, 0.29) is 18.1 Å².